The summed E-state index contributed by atoms with van der Waals surface area (Å²) >= 11 is 6.13. The fraction of sp³-hybridized carbons (Fsp3) is 0.632. The summed E-state index contributed by atoms with van der Waals surface area (Å²) in [6.45, 7) is 5.16. The molecule has 0 N–H and O–H groups in total. The van der Waals surface area contributed by atoms with Gasteiger partial charge >= 0.3 is 0 Å². The fourth-order valence-electron chi connectivity index (χ4n) is 4.56. The Morgan fingerprint density at radius 1 is 1.46 bits per heavy atom. The smallest absolute Gasteiger partial charge is 0.230 e. The first-order chi connectivity index (χ1) is 11.6. The van der Waals surface area contributed by atoms with Gasteiger partial charge in [-0.2, -0.15) is 0 Å². The monoisotopic (exact) mass is 349 g/mol. The van der Waals surface area contributed by atoms with Gasteiger partial charge in [0.05, 0.1) is 18.6 Å². The zero-order chi connectivity index (χ0) is 16.7. The van der Waals surface area contributed by atoms with Gasteiger partial charge in [0.15, 0.2) is 0 Å². The first kappa shape index (κ1) is 16.2. The topological polar surface area (TPSA) is 38.8 Å². The van der Waals surface area contributed by atoms with Crippen LogP contribution >= 0.6 is 11.6 Å². The maximum Gasteiger partial charge on any atom is 0.230 e. The number of carbonyl (C=O) groups is 1. The zero-order valence-corrected chi connectivity index (χ0v) is 14.8. The van der Waals surface area contributed by atoms with Crippen molar-refractivity contribution in [3.05, 3.63) is 28.8 Å². The number of fused-ring (bicyclic) bond motifs is 1. The van der Waals surface area contributed by atoms with Crippen molar-refractivity contribution in [3.63, 3.8) is 0 Å². The summed E-state index contributed by atoms with van der Waals surface area (Å²) in [6.07, 6.45) is 4.43. The Balaban J connectivity index is 1.46. The summed E-state index contributed by atoms with van der Waals surface area (Å²) in [5, 5.41) is 0.661. The van der Waals surface area contributed by atoms with E-state index in [-0.39, 0.29) is 11.8 Å². The van der Waals surface area contributed by atoms with E-state index in [1.165, 1.54) is 0 Å². The molecule has 1 spiro atoms. The van der Waals surface area contributed by atoms with Crippen LogP contribution in [0.4, 0.5) is 0 Å². The molecule has 5 heteroatoms. The van der Waals surface area contributed by atoms with E-state index < -0.39 is 0 Å². The molecule has 1 saturated heterocycles. The van der Waals surface area contributed by atoms with Gasteiger partial charge in [-0.25, -0.2) is 0 Å². The largest absolute Gasteiger partial charge is 0.493 e. The second-order valence-electron chi connectivity index (χ2n) is 7.37. The molecular formula is C19H24ClNO3. The highest BCUT2D eigenvalue weighted by atomic mass is 35.5. The maximum atomic E-state index is 13.1. The number of carbonyl (C=O) groups excluding carboxylic acids is 1. The Hall–Kier alpha value is -1.26. The lowest BCUT2D eigenvalue weighted by Gasteiger charge is -2.44. The zero-order valence-electron chi connectivity index (χ0n) is 14.1. The molecule has 4 nitrogen and oxygen atoms in total. The number of halogens is 1. The molecule has 24 heavy (non-hydrogen) atoms. The number of amides is 1. The van der Waals surface area contributed by atoms with Gasteiger partial charge in [0.2, 0.25) is 5.91 Å². The van der Waals surface area contributed by atoms with Gasteiger partial charge in [0.1, 0.15) is 5.75 Å². The molecule has 1 aromatic rings. The number of rotatable bonds is 3. The number of benzene rings is 1. The van der Waals surface area contributed by atoms with Crippen LogP contribution in [-0.4, -0.2) is 43.2 Å². The van der Waals surface area contributed by atoms with E-state index in [1.54, 1.807) is 0 Å². The number of nitrogens with zero attached hydrogens (tertiary/aromatic N) is 1. The van der Waals surface area contributed by atoms with Crippen LogP contribution in [0.1, 0.15) is 44.1 Å². The number of hydrogen-bond donors (Lipinski definition) is 0. The van der Waals surface area contributed by atoms with Crippen LogP contribution in [0.3, 0.4) is 0 Å². The molecule has 1 saturated carbocycles. The molecule has 130 valence electrons. The Morgan fingerprint density at radius 2 is 2.29 bits per heavy atom. The molecule has 4 rings (SSSR count). The maximum absolute atomic E-state index is 13.1. The molecule has 1 unspecified atom stereocenters. The van der Waals surface area contributed by atoms with E-state index in [1.807, 2.05) is 25.1 Å². The number of ether oxygens (including phenoxy) is 2. The van der Waals surface area contributed by atoms with E-state index in [9.17, 15) is 4.79 Å². The Morgan fingerprint density at radius 3 is 3.08 bits per heavy atom. The van der Waals surface area contributed by atoms with Gasteiger partial charge < -0.3 is 14.4 Å². The minimum Gasteiger partial charge on any atom is -0.493 e. The Kier molecular flexibility index (Phi) is 4.21. The highest BCUT2D eigenvalue weighted by Gasteiger charge is 2.50. The average molecular weight is 350 g/mol. The van der Waals surface area contributed by atoms with Crippen molar-refractivity contribution in [1.82, 2.24) is 4.90 Å². The van der Waals surface area contributed by atoms with Crippen LogP contribution in [0.15, 0.2) is 18.2 Å². The highest BCUT2D eigenvalue weighted by Crippen LogP contribution is 2.50. The van der Waals surface area contributed by atoms with Crippen LogP contribution in [0.5, 0.6) is 5.75 Å². The quantitative estimate of drug-likeness (QED) is 0.836. The third-order valence-electron chi connectivity index (χ3n) is 5.78. The van der Waals surface area contributed by atoms with Crippen molar-refractivity contribution in [2.75, 3.05) is 26.3 Å². The van der Waals surface area contributed by atoms with E-state index in [4.69, 9.17) is 21.1 Å². The third-order valence-corrected chi connectivity index (χ3v) is 6.02. The molecule has 1 atom stereocenters. The predicted octanol–water partition coefficient (Wildman–Crippen LogP) is 3.62. The summed E-state index contributed by atoms with van der Waals surface area (Å²) in [4.78, 5) is 15.2. The van der Waals surface area contributed by atoms with E-state index in [2.05, 4.69) is 4.90 Å². The van der Waals surface area contributed by atoms with Gasteiger partial charge in [-0.15, -0.1) is 0 Å². The van der Waals surface area contributed by atoms with Crippen LogP contribution < -0.4 is 4.74 Å². The van der Waals surface area contributed by atoms with Crippen molar-refractivity contribution in [2.24, 2.45) is 5.41 Å². The Labute approximate surface area is 148 Å². The molecular weight excluding hydrogens is 326 g/mol. The molecule has 0 radical (unpaired) electrons. The minimum absolute atomic E-state index is 0.120. The van der Waals surface area contributed by atoms with Crippen LogP contribution in [0.25, 0.3) is 0 Å². The van der Waals surface area contributed by atoms with Gasteiger partial charge in [-0.3, -0.25) is 4.79 Å². The summed E-state index contributed by atoms with van der Waals surface area (Å²) in [7, 11) is 0. The summed E-state index contributed by atoms with van der Waals surface area (Å²) in [6, 6.07) is 5.58. The van der Waals surface area contributed by atoms with Crippen LogP contribution in [-0.2, 0) is 9.53 Å². The van der Waals surface area contributed by atoms with Crippen molar-refractivity contribution in [2.45, 2.75) is 44.6 Å². The van der Waals surface area contributed by atoms with Crippen LogP contribution in [0, 0.1) is 5.41 Å². The van der Waals surface area contributed by atoms with Crippen molar-refractivity contribution in [3.8, 4) is 5.75 Å². The first-order valence-electron chi connectivity index (χ1n) is 8.93. The summed E-state index contributed by atoms with van der Waals surface area (Å²) in [5.74, 6) is 0.918. The standard InChI is InChI=1S/C19H24ClNO3/c1-2-23-14-10-19(11-14)6-7-21(12-19)18(22)15-5-8-24-17-4-3-13(20)9-16(15)17/h3-4,9,14-15H,2,5-8,10-12H2,1H3. The second kappa shape index (κ2) is 6.23. The molecule has 1 amide bonds. The highest BCUT2D eigenvalue weighted by molar-refractivity contribution is 6.30. The van der Waals surface area contributed by atoms with Crippen LogP contribution in [0.2, 0.25) is 5.02 Å². The van der Waals surface area contributed by atoms with E-state index in [0.29, 0.717) is 23.1 Å². The van der Waals surface area contributed by atoms with Gasteiger partial charge in [-0.05, 0) is 56.2 Å². The normalized spacial score (nSPS) is 31.5. The lowest BCUT2D eigenvalue weighted by atomic mass is 9.66. The minimum atomic E-state index is -0.120. The van der Waals surface area contributed by atoms with Crippen molar-refractivity contribution in [1.29, 1.82) is 0 Å². The molecule has 1 aliphatic carbocycles. The fourth-order valence-corrected chi connectivity index (χ4v) is 4.74. The second-order valence-corrected chi connectivity index (χ2v) is 7.80. The van der Waals surface area contributed by atoms with Gasteiger partial charge in [0.25, 0.3) is 0 Å². The van der Waals surface area contributed by atoms with Crippen molar-refractivity contribution < 1.29 is 14.3 Å². The average Bonchev–Trinajstić information content (AvgIpc) is 2.99. The number of hydrogen-bond acceptors (Lipinski definition) is 3. The molecule has 3 aliphatic rings. The lowest BCUT2D eigenvalue weighted by Crippen LogP contribution is -2.45. The van der Waals surface area contributed by atoms with E-state index in [0.717, 1.165) is 56.7 Å². The first-order valence-corrected chi connectivity index (χ1v) is 9.31. The molecule has 1 aromatic carbocycles. The SMILES string of the molecule is CCOC1CC2(CCN(C(=O)C3CCOc4ccc(Cl)cc43)C2)C1. The molecule has 0 aromatic heterocycles. The predicted molar refractivity (Wildman–Crippen MR) is 92.6 cm³/mol. The lowest BCUT2D eigenvalue weighted by molar-refractivity contribution is -0.134. The summed E-state index contributed by atoms with van der Waals surface area (Å²) < 4.78 is 11.4. The molecule has 2 aliphatic heterocycles. The molecule has 0 bridgehead atoms. The van der Waals surface area contributed by atoms with Crippen molar-refractivity contribution >= 4 is 17.5 Å². The molecule has 2 fully saturated rings. The van der Waals surface area contributed by atoms with Gasteiger partial charge in [0, 0.05) is 30.3 Å². The summed E-state index contributed by atoms with van der Waals surface area (Å²) in [5.41, 5.74) is 1.25. The Bertz CT molecular complexity index is 641. The number of likely N-dealkylation sites (tertiary alicyclic amines) is 1. The van der Waals surface area contributed by atoms with E-state index >= 15 is 0 Å². The molecule has 2 heterocycles. The third kappa shape index (κ3) is 2.80. The van der Waals surface area contributed by atoms with Gasteiger partial charge in [-0.1, -0.05) is 11.6 Å².